The zero-order chi connectivity index (χ0) is 11.7. The summed E-state index contributed by atoms with van der Waals surface area (Å²) in [6, 6.07) is 6.42. The Morgan fingerprint density at radius 2 is 2.41 bits per heavy atom. The first-order valence-corrected chi connectivity index (χ1v) is 6.50. The van der Waals surface area contributed by atoms with Crippen molar-refractivity contribution >= 4 is 11.3 Å². The van der Waals surface area contributed by atoms with Crippen molar-refractivity contribution in [2.24, 2.45) is 0 Å². The number of hydrogen-bond acceptors (Lipinski definition) is 4. The largest absolute Gasteiger partial charge is 0.283 e. The van der Waals surface area contributed by atoms with E-state index in [-0.39, 0.29) is 0 Å². The summed E-state index contributed by atoms with van der Waals surface area (Å²) in [7, 11) is 0. The molecule has 86 valence electrons. The summed E-state index contributed by atoms with van der Waals surface area (Å²) in [5.74, 6) is 0. The second kappa shape index (κ2) is 4.32. The van der Waals surface area contributed by atoms with E-state index < -0.39 is 0 Å². The smallest absolute Gasteiger partial charge is 0.0934 e. The van der Waals surface area contributed by atoms with Gasteiger partial charge in [-0.3, -0.25) is 9.58 Å². The zero-order valence-electron chi connectivity index (χ0n) is 9.33. The molecule has 3 rings (SSSR count). The molecule has 4 nitrogen and oxygen atoms in total. The molecule has 1 aliphatic heterocycles. The first kappa shape index (κ1) is 10.5. The third kappa shape index (κ3) is 1.97. The molecule has 5 heteroatoms. The van der Waals surface area contributed by atoms with Gasteiger partial charge >= 0.3 is 0 Å². The molecule has 0 spiro atoms. The fourth-order valence-electron chi connectivity index (χ4n) is 2.11. The van der Waals surface area contributed by atoms with E-state index in [4.69, 9.17) is 5.26 Å². The maximum Gasteiger partial charge on any atom is 0.0934 e. The Balaban J connectivity index is 1.87. The third-order valence-electron chi connectivity index (χ3n) is 2.99. The summed E-state index contributed by atoms with van der Waals surface area (Å²) in [5, 5.41) is 17.5. The molecule has 0 aliphatic carbocycles. The van der Waals surface area contributed by atoms with Crippen molar-refractivity contribution in [1.82, 2.24) is 14.7 Å². The van der Waals surface area contributed by atoms with E-state index in [1.165, 1.54) is 11.3 Å². The van der Waals surface area contributed by atoms with Crippen molar-refractivity contribution in [1.29, 1.82) is 5.26 Å². The van der Waals surface area contributed by atoms with Crippen molar-refractivity contribution in [3.05, 3.63) is 28.6 Å². The van der Waals surface area contributed by atoms with Crippen LogP contribution in [0, 0.1) is 11.3 Å². The number of aromatic nitrogens is 2. The SMILES string of the molecule is N#CCN1CCn2nc(-c3ccsc3)cc2C1. The van der Waals surface area contributed by atoms with Crippen molar-refractivity contribution < 1.29 is 0 Å². The van der Waals surface area contributed by atoms with E-state index in [9.17, 15) is 0 Å². The van der Waals surface area contributed by atoms with Crippen molar-refractivity contribution in [3.63, 3.8) is 0 Å². The van der Waals surface area contributed by atoms with Crippen LogP contribution in [-0.2, 0) is 13.1 Å². The number of thiophene rings is 1. The van der Waals surface area contributed by atoms with Crippen LogP contribution in [0.2, 0.25) is 0 Å². The Morgan fingerprint density at radius 3 is 3.18 bits per heavy atom. The van der Waals surface area contributed by atoms with Gasteiger partial charge in [0.1, 0.15) is 0 Å². The molecule has 17 heavy (non-hydrogen) atoms. The molecular formula is C12H12N4S. The van der Waals surface area contributed by atoms with E-state index in [2.05, 4.69) is 43.6 Å². The van der Waals surface area contributed by atoms with Gasteiger partial charge < -0.3 is 0 Å². The number of nitriles is 1. The number of nitrogens with zero attached hydrogens (tertiary/aromatic N) is 4. The predicted octanol–water partition coefficient (Wildman–Crippen LogP) is 1.95. The van der Waals surface area contributed by atoms with Gasteiger partial charge in [0.05, 0.1) is 30.5 Å². The van der Waals surface area contributed by atoms with Gasteiger partial charge in [0.25, 0.3) is 0 Å². The molecule has 2 aromatic rings. The summed E-state index contributed by atoms with van der Waals surface area (Å²) < 4.78 is 2.06. The van der Waals surface area contributed by atoms with Crippen LogP contribution in [0.5, 0.6) is 0 Å². The molecule has 2 aromatic heterocycles. The molecule has 0 aromatic carbocycles. The first-order valence-electron chi connectivity index (χ1n) is 5.55. The minimum Gasteiger partial charge on any atom is -0.283 e. The predicted molar refractivity (Wildman–Crippen MR) is 66.4 cm³/mol. The highest BCUT2D eigenvalue weighted by Crippen LogP contribution is 2.23. The zero-order valence-corrected chi connectivity index (χ0v) is 10.2. The minimum absolute atomic E-state index is 0.499. The van der Waals surface area contributed by atoms with Gasteiger partial charge in [0.2, 0.25) is 0 Å². The summed E-state index contributed by atoms with van der Waals surface area (Å²) >= 11 is 1.69. The lowest BCUT2D eigenvalue weighted by atomic mass is 10.2. The highest BCUT2D eigenvalue weighted by atomic mass is 32.1. The maximum atomic E-state index is 8.71. The lowest BCUT2D eigenvalue weighted by Crippen LogP contribution is -2.33. The molecule has 0 N–H and O–H groups in total. The van der Waals surface area contributed by atoms with Crippen LogP contribution in [0.4, 0.5) is 0 Å². The first-order chi connectivity index (χ1) is 8.36. The van der Waals surface area contributed by atoms with Gasteiger partial charge in [-0.05, 0) is 17.5 Å². The normalized spacial score (nSPS) is 15.5. The fraction of sp³-hybridized carbons (Fsp3) is 0.333. The minimum atomic E-state index is 0.499. The van der Waals surface area contributed by atoms with Gasteiger partial charge in [-0.2, -0.15) is 21.7 Å². The van der Waals surface area contributed by atoms with Gasteiger partial charge in [-0.25, -0.2) is 0 Å². The molecule has 0 amide bonds. The molecule has 0 saturated carbocycles. The topological polar surface area (TPSA) is 44.9 Å². The highest BCUT2D eigenvalue weighted by Gasteiger charge is 2.18. The lowest BCUT2D eigenvalue weighted by molar-refractivity contribution is 0.237. The van der Waals surface area contributed by atoms with Crippen LogP contribution < -0.4 is 0 Å². The van der Waals surface area contributed by atoms with Gasteiger partial charge in [0.15, 0.2) is 0 Å². The molecule has 0 radical (unpaired) electrons. The number of fused-ring (bicyclic) bond motifs is 1. The van der Waals surface area contributed by atoms with Crippen LogP contribution in [0.1, 0.15) is 5.69 Å². The molecule has 1 aliphatic rings. The lowest BCUT2D eigenvalue weighted by Gasteiger charge is -2.24. The van der Waals surface area contributed by atoms with Crippen LogP contribution in [0.3, 0.4) is 0 Å². The van der Waals surface area contributed by atoms with Crippen molar-refractivity contribution in [2.45, 2.75) is 13.1 Å². The summed E-state index contributed by atoms with van der Waals surface area (Å²) in [4.78, 5) is 2.15. The van der Waals surface area contributed by atoms with Crippen LogP contribution in [-0.4, -0.2) is 27.8 Å². The summed E-state index contributed by atoms with van der Waals surface area (Å²) in [6.07, 6.45) is 0. The van der Waals surface area contributed by atoms with Gasteiger partial charge in [-0.1, -0.05) is 0 Å². The fourth-order valence-corrected chi connectivity index (χ4v) is 2.76. The Bertz CT molecular complexity index is 550. The Morgan fingerprint density at radius 1 is 1.47 bits per heavy atom. The van der Waals surface area contributed by atoms with Gasteiger partial charge in [0, 0.05) is 24.0 Å². The maximum absolute atomic E-state index is 8.71. The molecule has 3 heterocycles. The third-order valence-corrected chi connectivity index (χ3v) is 3.67. The molecule has 0 atom stereocenters. The second-order valence-electron chi connectivity index (χ2n) is 4.12. The monoisotopic (exact) mass is 244 g/mol. The van der Waals surface area contributed by atoms with E-state index >= 15 is 0 Å². The molecular weight excluding hydrogens is 232 g/mol. The van der Waals surface area contributed by atoms with E-state index in [1.54, 1.807) is 11.3 Å². The Labute approximate surface area is 104 Å². The quantitative estimate of drug-likeness (QED) is 0.758. The summed E-state index contributed by atoms with van der Waals surface area (Å²) in [5.41, 5.74) is 3.43. The second-order valence-corrected chi connectivity index (χ2v) is 4.90. The molecule has 0 unspecified atom stereocenters. The van der Waals surface area contributed by atoms with Crippen molar-refractivity contribution in [2.75, 3.05) is 13.1 Å². The van der Waals surface area contributed by atoms with Crippen molar-refractivity contribution in [3.8, 4) is 17.3 Å². The Kier molecular flexibility index (Phi) is 2.67. The van der Waals surface area contributed by atoms with E-state index in [1.807, 2.05) is 0 Å². The summed E-state index contributed by atoms with van der Waals surface area (Å²) in [6.45, 7) is 3.11. The van der Waals surface area contributed by atoms with Gasteiger partial charge in [-0.15, -0.1) is 0 Å². The average molecular weight is 244 g/mol. The number of rotatable bonds is 2. The highest BCUT2D eigenvalue weighted by molar-refractivity contribution is 7.08. The molecule has 0 fully saturated rings. The van der Waals surface area contributed by atoms with E-state index in [0.29, 0.717) is 6.54 Å². The van der Waals surface area contributed by atoms with Crippen LogP contribution >= 0.6 is 11.3 Å². The van der Waals surface area contributed by atoms with E-state index in [0.717, 1.165) is 25.3 Å². The van der Waals surface area contributed by atoms with Crippen LogP contribution in [0.15, 0.2) is 22.9 Å². The Hall–Kier alpha value is -1.64. The molecule has 0 bridgehead atoms. The standard InChI is InChI=1S/C12H12N4S/c13-2-3-15-4-5-16-11(8-15)7-12(14-16)10-1-6-17-9-10/h1,6-7,9H,3-5,8H2. The molecule has 0 saturated heterocycles. The number of hydrogen-bond donors (Lipinski definition) is 0. The van der Waals surface area contributed by atoms with Crippen LogP contribution in [0.25, 0.3) is 11.3 Å². The average Bonchev–Trinajstić information content (AvgIpc) is 2.97.